The van der Waals surface area contributed by atoms with Crippen LogP contribution in [0.4, 0.5) is 5.69 Å². The highest BCUT2D eigenvalue weighted by molar-refractivity contribution is 5.96. The lowest BCUT2D eigenvalue weighted by atomic mass is 9.67. The summed E-state index contributed by atoms with van der Waals surface area (Å²) in [4.78, 5) is 24.4. The Labute approximate surface area is 124 Å². The first-order valence-electron chi connectivity index (χ1n) is 7.88. The lowest BCUT2D eigenvalue weighted by Gasteiger charge is -2.37. The molecule has 0 radical (unpaired) electrons. The van der Waals surface area contributed by atoms with Gasteiger partial charge in [0.05, 0.1) is 11.1 Å². The van der Waals surface area contributed by atoms with Crippen LogP contribution in [0.2, 0.25) is 0 Å². The van der Waals surface area contributed by atoms with E-state index < -0.39 is 0 Å². The maximum atomic E-state index is 12.8. The van der Waals surface area contributed by atoms with Crippen molar-refractivity contribution in [3.8, 4) is 0 Å². The Morgan fingerprint density at radius 2 is 2.33 bits per heavy atom. The van der Waals surface area contributed by atoms with Gasteiger partial charge >= 0.3 is 0 Å². The van der Waals surface area contributed by atoms with E-state index in [9.17, 15) is 9.59 Å². The fourth-order valence-electron chi connectivity index (χ4n) is 3.80. The van der Waals surface area contributed by atoms with Crippen LogP contribution in [0, 0.1) is 11.3 Å². The highest BCUT2D eigenvalue weighted by Crippen LogP contribution is 2.44. The van der Waals surface area contributed by atoms with E-state index in [1.807, 2.05) is 6.92 Å². The second kappa shape index (κ2) is 5.64. The van der Waals surface area contributed by atoms with Crippen LogP contribution in [-0.4, -0.2) is 23.6 Å². The number of nitrogens with one attached hydrogen (secondary N) is 2. The van der Waals surface area contributed by atoms with Crippen molar-refractivity contribution in [2.45, 2.75) is 39.2 Å². The van der Waals surface area contributed by atoms with E-state index in [2.05, 4.69) is 10.6 Å². The Hall–Kier alpha value is -1.62. The van der Waals surface area contributed by atoms with Gasteiger partial charge in [-0.15, -0.1) is 0 Å². The van der Waals surface area contributed by atoms with Crippen LogP contribution in [0.3, 0.4) is 0 Å². The van der Waals surface area contributed by atoms with Crippen molar-refractivity contribution in [1.29, 1.82) is 0 Å². The van der Waals surface area contributed by atoms with E-state index in [1.54, 1.807) is 16.8 Å². The molecule has 2 atom stereocenters. The molecule has 1 aliphatic carbocycles. The molecule has 0 aromatic carbocycles. The molecule has 2 aliphatic rings. The molecule has 0 unspecified atom stereocenters. The Bertz CT molecular complexity index is 595. The first kappa shape index (κ1) is 14.3. The molecule has 1 saturated heterocycles. The topological polar surface area (TPSA) is 63.1 Å². The quantitative estimate of drug-likeness (QED) is 0.888. The van der Waals surface area contributed by atoms with Gasteiger partial charge in [-0.2, -0.15) is 0 Å². The maximum Gasteiger partial charge on any atom is 0.250 e. The van der Waals surface area contributed by atoms with Gasteiger partial charge in [0.1, 0.15) is 0 Å². The molecule has 2 heterocycles. The average Bonchev–Trinajstić information content (AvgIpc) is 2.94. The molecule has 0 spiro atoms. The largest absolute Gasteiger partial charge is 0.324 e. The van der Waals surface area contributed by atoms with Gasteiger partial charge in [-0.1, -0.05) is 12.8 Å². The highest BCUT2D eigenvalue weighted by Gasteiger charge is 2.49. The summed E-state index contributed by atoms with van der Waals surface area (Å²) in [5.74, 6) is 0.557. The van der Waals surface area contributed by atoms with E-state index >= 15 is 0 Å². The Morgan fingerprint density at radius 1 is 1.48 bits per heavy atom. The van der Waals surface area contributed by atoms with Gasteiger partial charge in [0, 0.05) is 25.4 Å². The van der Waals surface area contributed by atoms with E-state index in [4.69, 9.17) is 0 Å². The first-order chi connectivity index (χ1) is 10.2. The van der Waals surface area contributed by atoms with Gasteiger partial charge < -0.3 is 15.2 Å². The number of nitrogens with zero attached hydrogens (tertiary/aromatic N) is 1. The molecule has 2 N–H and O–H groups in total. The van der Waals surface area contributed by atoms with Crippen LogP contribution in [0.25, 0.3) is 0 Å². The zero-order chi connectivity index (χ0) is 14.9. The Morgan fingerprint density at radius 3 is 3.14 bits per heavy atom. The van der Waals surface area contributed by atoms with Crippen molar-refractivity contribution in [1.82, 2.24) is 9.88 Å². The molecule has 1 aliphatic heterocycles. The smallest absolute Gasteiger partial charge is 0.250 e. The van der Waals surface area contributed by atoms with E-state index in [0.717, 1.165) is 32.4 Å². The average molecular weight is 289 g/mol. The van der Waals surface area contributed by atoms with Gasteiger partial charge in [0.15, 0.2) is 0 Å². The zero-order valence-corrected chi connectivity index (χ0v) is 12.5. The summed E-state index contributed by atoms with van der Waals surface area (Å²) >= 11 is 0. The number of rotatable bonds is 3. The summed E-state index contributed by atoms with van der Waals surface area (Å²) in [5.41, 5.74) is 0.421. The van der Waals surface area contributed by atoms with Crippen molar-refractivity contribution in [3.05, 3.63) is 28.7 Å². The number of amides is 1. The SMILES string of the molecule is CCn1cc(NC(=O)[C@@]23CCCC[C@H]2CNC3)ccc1=O. The number of fused-ring (bicyclic) bond motifs is 1. The molecule has 114 valence electrons. The van der Waals surface area contributed by atoms with E-state index in [1.165, 1.54) is 12.5 Å². The lowest BCUT2D eigenvalue weighted by Crippen LogP contribution is -2.44. The summed E-state index contributed by atoms with van der Waals surface area (Å²) in [5, 5.41) is 6.42. The lowest BCUT2D eigenvalue weighted by molar-refractivity contribution is -0.128. The van der Waals surface area contributed by atoms with Crippen LogP contribution >= 0.6 is 0 Å². The predicted octanol–water partition coefficient (Wildman–Crippen LogP) is 1.59. The van der Waals surface area contributed by atoms with Crippen LogP contribution in [-0.2, 0) is 11.3 Å². The van der Waals surface area contributed by atoms with Crippen molar-refractivity contribution in [2.24, 2.45) is 11.3 Å². The molecule has 5 nitrogen and oxygen atoms in total. The first-order valence-corrected chi connectivity index (χ1v) is 7.88. The van der Waals surface area contributed by atoms with Gasteiger partial charge in [-0.05, 0) is 38.3 Å². The molecular formula is C16H23N3O2. The number of hydrogen-bond donors (Lipinski definition) is 2. The van der Waals surface area contributed by atoms with Crippen LogP contribution in [0.15, 0.2) is 23.1 Å². The molecule has 1 aromatic rings. The van der Waals surface area contributed by atoms with Gasteiger partial charge in [0.25, 0.3) is 5.56 Å². The van der Waals surface area contributed by atoms with Crippen LogP contribution in [0.1, 0.15) is 32.6 Å². The van der Waals surface area contributed by atoms with Crippen molar-refractivity contribution in [3.63, 3.8) is 0 Å². The fraction of sp³-hybridized carbons (Fsp3) is 0.625. The third-order valence-corrected chi connectivity index (χ3v) is 5.07. The Balaban J connectivity index is 1.81. The summed E-state index contributed by atoms with van der Waals surface area (Å²) in [7, 11) is 0. The van der Waals surface area contributed by atoms with Crippen LogP contribution < -0.4 is 16.2 Å². The minimum atomic E-state index is -0.259. The normalized spacial score (nSPS) is 28.1. The number of aromatic nitrogens is 1. The second-order valence-electron chi connectivity index (χ2n) is 6.23. The highest BCUT2D eigenvalue weighted by atomic mass is 16.2. The third-order valence-electron chi connectivity index (χ3n) is 5.07. The molecule has 1 amide bonds. The van der Waals surface area contributed by atoms with Gasteiger partial charge in [-0.3, -0.25) is 9.59 Å². The molecular weight excluding hydrogens is 266 g/mol. The van der Waals surface area contributed by atoms with Crippen LogP contribution in [0.5, 0.6) is 0 Å². The summed E-state index contributed by atoms with van der Waals surface area (Å²) in [6, 6.07) is 3.21. The fourth-order valence-corrected chi connectivity index (χ4v) is 3.80. The number of aryl methyl sites for hydroxylation is 1. The number of carbonyl (C=O) groups excluding carboxylic acids is 1. The molecule has 21 heavy (non-hydrogen) atoms. The van der Waals surface area contributed by atoms with Crippen molar-refractivity contribution < 1.29 is 4.79 Å². The number of hydrogen-bond acceptors (Lipinski definition) is 3. The standard InChI is InChI=1S/C16H23N3O2/c1-2-19-10-13(6-7-14(19)20)18-15(21)16-8-4-3-5-12(16)9-17-11-16/h6-7,10,12,17H,2-5,8-9,11H2,1H3,(H,18,21)/t12-,16+/m0/s1. The summed E-state index contributed by atoms with van der Waals surface area (Å²) < 4.78 is 1.61. The summed E-state index contributed by atoms with van der Waals surface area (Å²) in [6.45, 7) is 4.25. The zero-order valence-electron chi connectivity index (χ0n) is 12.5. The maximum absolute atomic E-state index is 12.8. The van der Waals surface area contributed by atoms with E-state index in [-0.39, 0.29) is 16.9 Å². The Kier molecular flexibility index (Phi) is 3.85. The number of pyridine rings is 1. The molecule has 3 rings (SSSR count). The number of anilines is 1. The predicted molar refractivity (Wildman–Crippen MR) is 82.3 cm³/mol. The van der Waals surface area contributed by atoms with Gasteiger partial charge in [0.2, 0.25) is 5.91 Å². The molecule has 5 heteroatoms. The minimum Gasteiger partial charge on any atom is -0.324 e. The van der Waals surface area contributed by atoms with Crippen molar-refractivity contribution in [2.75, 3.05) is 18.4 Å². The van der Waals surface area contributed by atoms with E-state index in [0.29, 0.717) is 18.2 Å². The third kappa shape index (κ3) is 2.50. The molecule has 2 fully saturated rings. The molecule has 0 bridgehead atoms. The van der Waals surface area contributed by atoms with Crippen molar-refractivity contribution >= 4 is 11.6 Å². The molecule has 1 aromatic heterocycles. The summed E-state index contributed by atoms with van der Waals surface area (Å²) in [6.07, 6.45) is 6.18. The second-order valence-corrected chi connectivity index (χ2v) is 6.23. The monoisotopic (exact) mass is 289 g/mol. The minimum absolute atomic E-state index is 0.0354. The van der Waals surface area contributed by atoms with Gasteiger partial charge in [-0.25, -0.2) is 0 Å². The number of carbonyl (C=O) groups is 1. The molecule has 1 saturated carbocycles.